The fourth-order valence-electron chi connectivity index (χ4n) is 1.91. The first kappa shape index (κ1) is 9.93. The lowest BCUT2D eigenvalue weighted by molar-refractivity contribution is -0.138. The minimum Gasteiger partial charge on any atom is -0.481 e. The molecule has 80 valence electrons. The zero-order valence-electron chi connectivity index (χ0n) is 8.32. The molecule has 1 atom stereocenters. The summed E-state index contributed by atoms with van der Waals surface area (Å²) in [5.74, 6) is -0.780. The summed E-state index contributed by atoms with van der Waals surface area (Å²) in [6.45, 7) is 2.27. The molecule has 1 heterocycles. The van der Waals surface area contributed by atoms with Gasteiger partial charge < -0.3 is 9.84 Å². The summed E-state index contributed by atoms with van der Waals surface area (Å²) >= 11 is 0. The molecule has 4 nitrogen and oxygen atoms in total. The molecule has 14 heavy (non-hydrogen) atoms. The van der Waals surface area contributed by atoms with Crippen molar-refractivity contribution in [2.45, 2.75) is 37.8 Å². The number of ether oxygens (including phenoxy) is 1. The second-order valence-electron chi connectivity index (χ2n) is 4.13. The number of nitrogens with zero attached hydrogens (tertiary/aromatic N) is 1. The van der Waals surface area contributed by atoms with Crippen molar-refractivity contribution in [3.8, 4) is 0 Å². The van der Waals surface area contributed by atoms with Crippen LogP contribution in [-0.4, -0.2) is 47.8 Å². The van der Waals surface area contributed by atoms with Crippen LogP contribution in [0.15, 0.2) is 0 Å². The molecule has 0 amide bonds. The van der Waals surface area contributed by atoms with E-state index in [4.69, 9.17) is 9.84 Å². The van der Waals surface area contributed by atoms with Crippen LogP contribution < -0.4 is 0 Å². The van der Waals surface area contributed by atoms with E-state index in [1.54, 1.807) is 0 Å². The summed E-state index contributed by atoms with van der Waals surface area (Å²) in [5.41, 5.74) is 0. The molecule has 0 aromatic carbocycles. The van der Waals surface area contributed by atoms with Gasteiger partial charge in [0.15, 0.2) is 0 Å². The van der Waals surface area contributed by atoms with E-state index in [0.29, 0.717) is 19.3 Å². The predicted octanol–water partition coefficient (Wildman–Crippen LogP) is 0.714. The zero-order chi connectivity index (χ0) is 9.97. The van der Waals surface area contributed by atoms with E-state index < -0.39 is 5.97 Å². The minimum absolute atomic E-state index is 0.121. The van der Waals surface area contributed by atoms with Gasteiger partial charge in [0, 0.05) is 18.6 Å². The van der Waals surface area contributed by atoms with E-state index in [0.717, 1.165) is 6.04 Å². The number of hydrogen-bond donors (Lipinski definition) is 1. The third-order valence-electron chi connectivity index (χ3n) is 2.98. The van der Waals surface area contributed by atoms with Gasteiger partial charge in [-0.1, -0.05) is 0 Å². The van der Waals surface area contributed by atoms with Crippen LogP contribution in [0.5, 0.6) is 0 Å². The van der Waals surface area contributed by atoms with E-state index in [-0.39, 0.29) is 6.42 Å². The molecule has 1 unspecified atom stereocenters. The van der Waals surface area contributed by atoms with Crippen molar-refractivity contribution >= 4 is 5.97 Å². The number of aliphatic carboxylic acids is 1. The Morgan fingerprint density at radius 2 is 2.21 bits per heavy atom. The number of hydrogen-bond acceptors (Lipinski definition) is 3. The average molecular weight is 199 g/mol. The largest absolute Gasteiger partial charge is 0.481 e. The topological polar surface area (TPSA) is 49.8 Å². The molecule has 0 radical (unpaired) electrons. The Kier molecular flexibility index (Phi) is 3.03. The predicted molar refractivity (Wildman–Crippen MR) is 51.2 cm³/mol. The maximum atomic E-state index is 10.2. The summed E-state index contributed by atoms with van der Waals surface area (Å²) in [4.78, 5) is 12.7. The van der Waals surface area contributed by atoms with Crippen LogP contribution >= 0.6 is 0 Å². The van der Waals surface area contributed by atoms with Gasteiger partial charge in [0.1, 0.15) is 0 Å². The molecule has 0 spiro atoms. The van der Waals surface area contributed by atoms with Gasteiger partial charge in [-0.25, -0.2) is 0 Å². The fraction of sp³-hybridized carbons (Fsp3) is 0.900. The van der Waals surface area contributed by atoms with E-state index in [9.17, 15) is 4.79 Å². The van der Waals surface area contributed by atoms with E-state index >= 15 is 0 Å². The highest BCUT2D eigenvalue weighted by molar-refractivity contribution is 5.66. The monoisotopic (exact) mass is 199 g/mol. The van der Waals surface area contributed by atoms with Crippen molar-refractivity contribution in [3.05, 3.63) is 0 Å². The van der Waals surface area contributed by atoms with Crippen molar-refractivity contribution in [2.75, 3.05) is 19.8 Å². The first-order chi connectivity index (χ1) is 6.77. The van der Waals surface area contributed by atoms with Crippen molar-refractivity contribution in [3.63, 3.8) is 0 Å². The molecule has 2 fully saturated rings. The fourth-order valence-corrected chi connectivity index (χ4v) is 1.91. The van der Waals surface area contributed by atoms with Gasteiger partial charge >= 0.3 is 5.97 Å². The van der Waals surface area contributed by atoms with Gasteiger partial charge in [-0.15, -0.1) is 0 Å². The van der Waals surface area contributed by atoms with Crippen molar-refractivity contribution in [1.82, 2.24) is 4.90 Å². The Morgan fingerprint density at radius 3 is 2.71 bits per heavy atom. The van der Waals surface area contributed by atoms with Crippen LogP contribution in [-0.2, 0) is 9.53 Å². The normalized spacial score (nSPS) is 27.3. The van der Waals surface area contributed by atoms with E-state index in [1.165, 1.54) is 25.8 Å². The van der Waals surface area contributed by atoms with Crippen LogP contribution in [0, 0.1) is 0 Å². The van der Waals surface area contributed by atoms with Crippen molar-refractivity contribution in [2.24, 2.45) is 0 Å². The maximum Gasteiger partial charge on any atom is 0.305 e. The second-order valence-corrected chi connectivity index (χ2v) is 4.13. The molecule has 1 saturated carbocycles. The molecule has 1 N–H and O–H groups in total. The van der Waals surface area contributed by atoms with Crippen LogP contribution in [0.3, 0.4) is 0 Å². The van der Waals surface area contributed by atoms with E-state index in [1.807, 2.05) is 0 Å². The number of carboxylic acids is 1. The molecule has 1 aliphatic heterocycles. The Hall–Kier alpha value is -0.610. The van der Waals surface area contributed by atoms with Gasteiger partial charge in [0.25, 0.3) is 0 Å². The number of likely N-dealkylation sites (tertiary alicyclic amines) is 1. The second kappa shape index (κ2) is 4.28. The summed E-state index contributed by atoms with van der Waals surface area (Å²) in [7, 11) is 0. The molecule has 2 rings (SSSR count). The van der Waals surface area contributed by atoms with Gasteiger partial charge in [-0.3, -0.25) is 9.69 Å². The van der Waals surface area contributed by atoms with Gasteiger partial charge in [0.2, 0.25) is 0 Å². The Morgan fingerprint density at radius 1 is 1.43 bits per heavy atom. The molecule has 1 saturated heterocycles. The molecule has 1 aliphatic carbocycles. The van der Waals surface area contributed by atoms with E-state index in [2.05, 4.69) is 4.90 Å². The maximum absolute atomic E-state index is 10.2. The lowest BCUT2D eigenvalue weighted by Gasteiger charge is -2.41. The van der Waals surface area contributed by atoms with Crippen LogP contribution in [0.1, 0.15) is 25.7 Å². The Balaban J connectivity index is 1.54. The Labute approximate surface area is 83.8 Å². The quantitative estimate of drug-likeness (QED) is 0.640. The van der Waals surface area contributed by atoms with Crippen LogP contribution in [0.4, 0.5) is 0 Å². The summed E-state index contributed by atoms with van der Waals surface area (Å²) < 4.78 is 5.33. The lowest BCUT2D eigenvalue weighted by Crippen LogP contribution is -2.51. The zero-order valence-corrected chi connectivity index (χ0v) is 8.32. The molecule has 0 bridgehead atoms. The highest BCUT2D eigenvalue weighted by atomic mass is 16.5. The number of carbonyl (C=O) groups is 1. The first-order valence-electron chi connectivity index (χ1n) is 5.32. The summed E-state index contributed by atoms with van der Waals surface area (Å²) in [5, 5.41) is 8.41. The number of rotatable bonds is 6. The SMILES string of the molecule is O=C(O)CCOCC1CCN1C1CC1. The molecule has 0 aromatic heterocycles. The summed E-state index contributed by atoms with van der Waals surface area (Å²) in [6.07, 6.45) is 4.01. The molecule has 0 aromatic rings. The highest BCUT2D eigenvalue weighted by Gasteiger charge is 2.39. The van der Waals surface area contributed by atoms with Crippen LogP contribution in [0.2, 0.25) is 0 Å². The third kappa shape index (κ3) is 2.45. The van der Waals surface area contributed by atoms with Crippen molar-refractivity contribution < 1.29 is 14.6 Å². The summed E-state index contributed by atoms with van der Waals surface area (Å²) in [6, 6.07) is 1.38. The smallest absolute Gasteiger partial charge is 0.305 e. The van der Waals surface area contributed by atoms with Crippen LogP contribution in [0.25, 0.3) is 0 Å². The Bertz CT molecular complexity index is 215. The van der Waals surface area contributed by atoms with Gasteiger partial charge in [0.05, 0.1) is 19.6 Å². The minimum atomic E-state index is -0.780. The third-order valence-corrected chi connectivity index (χ3v) is 2.98. The number of carboxylic acid groups (broad SMARTS) is 1. The molecule has 4 heteroatoms. The molecular weight excluding hydrogens is 182 g/mol. The molecule has 2 aliphatic rings. The van der Waals surface area contributed by atoms with Crippen molar-refractivity contribution in [1.29, 1.82) is 0 Å². The highest BCUT2D eigenvalue weighted by Crippen LogP contribution is 2.34. The standard InChI is InChI=1S/C10H17NO3/c12-10(13)4-6-14-7-9-3-5-11(9)8-1-2-8/h8-9H,1-7H2,(H,12,13). The van der Waals surface area contributed by atoms with Gasteiger partial charge in [-0.05, 0) is 19.3 Å². The molecular formula is C10H17NO3. The average Bonchev–Trinajstić information content (AvgIpc) is 2.85. The first-order valence-corrected chi connectivity index (χ1v) is 5.32. The van der Waals surface area contributed by atoms with Gasteiger partial charge in [-0.2, -0.15) is 0 Å². The lowest BCUT2D eigenvalue weighted by atomic mass is 10.0.